The minimum atomic E-state index is 0.112. The zero-order valence-corrected chi connectivity index (χ0v) is 21.6. The molecule has 1 aromatic heterocycles. The first-order valence-corrected chi connectivity index (χ1v) is 14.0. The van der Waals surface area contributed by atoms with Gasteiger partial charge in [0, 0.05) is 28.6 Å². The number of hydrogen-bond acceptors (Lipinski definition) is 4. The highest BCUT2D eigenvalue weighted by Crippen LogP contribution is 2.49. The van der Waals surface area contributed by atoms with Crippen molar-refractivity contribution in [3.8, 4) is 22.8 Å². The van der Waals surface area contributed by atoms with E-state index in [1.54, 1.807) is 6.92 Å². The molecule has 2 aromatic carbocycles. The van der Waals surface area contributed by atoms with Gasteiger partial charge in [0.1, 0.15) is 13.2 Å². The van der Waals surface area contributed by atoms with Gasteiger partial charge in [-0.15, -0.1) is 0 Å². The molecule has 5 heteroatoms. The quantitative estimate of drug-likeness (QED) is 0.359. The molecule has 1 saturated heterocycles. The third kappa shape index (κ3) is 4.43. The summed E-state index contributed by atoms with van der Waals surface area (Å²) in [5, 5.41) is 1.30. The molecule has 0 amide bonds. The maximum atomic E-state index is 12.2. The first-order chi connectivity index (χ1) is 17.7. The maximum absolute atomic E-state index is 12.2. The molecule has 0 atom stereocenters. The second kappa shape index (κ2) is 10.3. The Morgan fingerprint density at radius 3 is 2.61 bits per heavy atom. The number of carbonyl (C=O) groups excluding carboxylic acids is 1. The molecule has 2 aliphatic heterocycles. The lowest BCUT2D eigenvalue weighted by molar-refractivity contribution is 0.101. The number of ketones is 1. The van der Waals surface area contributed by atoms with Gasteiger partial charge in [0.2, 0.25) is 0 Å². The zero-order chi connectivity index (χ0) is 24.5. The number of rotatable bonds is 6. The van der Waals surface area contributed by atoms with Crippen LogP contribution >= 0.6 is 0 Å². The summed E-state index contributed by atoms with van der Waals surface area (Å²) in [5.41, 5.74) is 5.78. The molecule has 3 heterocycles. The number of nitrogens with zero attached hydrogens (tertiary/aromatic N) is 2. The Labute approximate surface area is 214 Å². The van der Waals surface area contributed by atoms with E-state index in [0.29, 0.717) is 19.1 Å². The number of ether oxygens (including phenoxy) is 2. The average molecular weight is 487 g/mol. The van der Waals surface area contributed by atoms with Crippen molar-refractivity contribution in [2.45, 2.75) is 70.8 Å². The van der Waals surface area contributed by atoms with Gasteiger partial charge < -0.3 is 14.0 Å². The second-order valence-electron chi connectivity index (χ2n) is 10.8. The molecule has 3 aromatic rings. The summed E-state index contributed by atoms with van der Waals surface area (Å²) in [6, 6.07) is 12.7. The molecule has 6 rings (SSSR count). The molecule has 1 aliphatic carbocycles. The summed E-state index contributed by atoms with van der Waals surface area (Å²) >= 11 is 0. The summed E-state index contributed by atoms with van der Waals surface area (Å²) in [5.74, 6) is 2.38. The lowest BCUT2D eigenvalue weighted by atomic mass is 9.81. The number of Topliss-reactive ketones (excluding diaryl/α,β-unsaturated/α-hetero) is 1. The van der Waals surface area contributed by atoms with E-state index < -0.39 is 0 Å². The van der Waals surface area contributed by atoms with Crippen LogP contribution in [0.1, 0.15) is 80.1 Å². The Morgan fingerprint density at radius 1 is 1.00 bits per heavy atom. The number of fused-ring (bicyclic) bond motifs is 5. The van der Waals surface area contributed by atoms with Crippen LogP contribution in [-0.2, 0) is 6.54 Å². The Balaban J connectivity index is 1.42. The summed E-state index contributed by atoms with van der Waals surface area (Å²) < 4.78 is 15.2. The molecule has 3 aliphatic rings. The van der Waals surface area contributed by atoms with Gasteiger partial charge in [0.15, 0.2) is 17.3 Å². The third-order valence-electron chi connectivity index (χ3n) is 8.43. The second-order valence-corrected chi connectivity index (χ2v) is 10.8. The summed E-state index contributed by atoms with van der Waals surface area (Å²) in [6.45, 7) is 7.01. The van der Waals surface area contributed by atoms with Crippen LogP contribution in [0.15, 0.2) is 36.4 Å². The fourth-order valence-corrected chi connectivity index (χ4v) is 6.59. The van der Waals surface area contributed by atoms with Crippen molar-refractivity contribution < 1.29 is 14.3 Å². The van der Waals surface area contributed by atoms with E-state index in [2.05, 4.69) is 39.8 Å². The first kappa shape index (κ1) is 23.6. The van der Waals surface area contributed by atoms with Crippen LogP contribution in [0.2, 0.25) is 0 Å². The van der Waals surface area contributed by atoms with Crippen molar-refractivity contribution in [2.75, 3.05) is 32.8 Å². The summed E-state index contributed by atoms with van der Waals surface area (Å²) in [7, 11) is 0. The molecular formula is C31H38N2O3. The van der Waals surface area contributed by atoms with Crippen LogP contribution in [0.25, 0.3) is 22.2 Å². The Kier molecular flexibility index (Phi) is 6.75. The number of carbonyl (C=O) groups is 1. The van der Waals surface area contributed by atoms with E-state index >= 15 is 0 Å². The van der Waals surface area contributed by atoms with Gasteiger partial charge in [-0.05, 0) is 75.4 Å². The highest BCUT2D eigenvalue weighted by Gasteiger charge is 2.30. The molecule has 0 bridgehead atoms. The normalized spacial score (nSPS) is 18.8. The van der Waals surface area contributed by atoms with Crippen molar-refractivity contribution in [1.29, 1.82) is 0 Å². The van der Waals surface area contributed by atoms with E-state index in [4.69, 9.17) is 9.47 Å². The molecule has 2 fully saturated rings. The first-order valence-electron chi connectivity index (χ1n) is 14.0. The topological polar surface area (TPSA) is 43.7 Å². The van der Waals surface area contributed by atoms with Gasteiger partial charge in [0.25, 0.3) is 0 Å². The van der Waals surface area contributed by atoms with Crippen LogP contribution in [0, 0.1) is 0 Å². The van der Waals surface area contributed by atoms with E-state index in [0.717, 1.165) is 41.2 Å². The fraction of sp³-hybridized carbons (Fsp3) is 0.516. The molecule has 5 nitrogen and oxygen atoms in total. The van der Waals surface area contributed by atoms with Gasteiger partial charge in [-0.2, -0.15) is 0 Å². The standard InChI is InChI=1S/C31H38N2O3/c1-22(34)24-13-14-25-27(21-24)33-18-20-36-31-26(30(33)29(25)23-9-4-2-5-10-23)11-8-12-28(31)35-19-17-32-15-6-3-7-16-32/h8,11-14,21,23H,2-7,9-10,15-20H2,1H3. The van der Waals surface area contributed by atoms with Gasteiger partial charge >= 0.3 is 0 Å². The van der Waals surface area contributed by atoms with Crippen LogP contribution in [0.4, 0.5) is 0 Å². The lowest BCUT2D eigenvalue weighted by Gasteiger charge is -2.26. The molecule has 1 saturated carbocycles. The number of aromatic nitrogens is 1. The van der Waals surface area contributed by atoms with Crippen molar-refractivity contribution in [1.82, 2.24) is 9.47 Å². The molecule has 0 spiro atoms. The molecule has 36 heavy (non-hydrogen) atoms. The van der Waals surface area contributed by atoms with Crippen LogP contribution < -0.4 is 9.47 Å². The van der Waals surface area contributed by atoms with Crippen molar-refractivity contribution >= 4 is 16.7 Å². The van der Waals surface area contributed by atoms with Crippen LogP contribution in [0.3, 0.4) is 0 Å². The lowest BCUT2D eigenvalue weighted by Crippen LogP contribution is -2.33. The van der Waals surface area contributed by atoms with E-state index in [-0.39, 0.29) is 5.78 Å². The highest BCUT2D eigenvalue weighted by atomic mass is 16.5. The summed E-state index contributed by atoms with van der Waals surface area (Å²) in [4.78, 5) is 14.7. The van der Waals surface area contributed by atoms with Gasteiger partial charge in [-0.25, -0.2) is 0 Å². The van der Waals surface area contributed by atoms with Gasteiger partial charge in [0.05, 0.1) is 12.2 Å². The number of piperidine rings is 1. The predicted molar refractivity (Wildman–Crippen MR) is 144 cm³/mol. The van der Waals surface area contributed by atoms with Crippen molar-refractivity contribution in [3.63, 3.8) is 0 Å². The van der Waals surface area contributed by atoms with Crippen molar-refractivity contribution in [3.05, 3.63) is 47.5 Å². The average Bonchev–Trinajstić information content (AvgIpc) is 3.10. The van der Waals surface area contributed by atoms with E-state index in [1.165, 1.54) is 81.1 Å². The minimum Gasteiger partial charge on any atom is -0.488 e. The molecule has 0 N–H and O–H groups in total. The summed E-state index contributed by atoms with van der Waals surface area (Å²) in [6.07, 6.45) is 10.3. The molecule has 190 valence electrons. The molecule has 0 unspecified atom stereocenters. The fourth-order valence-electron chi connectivity index (χ4n) is 6.59. The van der Waals surface area contributed by atoms with Crippen molar-refractivity contribution in [2.24, 2.45) is 0 Å². The predicted octanol–water partition coefficient (Wildman–Crippen LogP) is 6.82. The Morgan fingerprint density at radius 2 is 1.81 bits per heavy atom. The van der Waals surface area contributed by atoms with Gasteiger partial charge in [-0.1, -0.05) is 43.9 Å². The largest absolute Gasteiger partial charge is 0.488 e. The Bertz CT molecular complexity index is 1250. The number of likely N-dealkylation sites (tertiary alicyclic amines) is 1. The SMILES string of the molecule is CC(=O)c1ccc2c(C3CCCCC3)c3n(c2c1)CCOc1c(OCCN2CCCCC2)cccc1-3. The smallest absolute Gasteiger partial charge is 0.170 e. The van der Waals surface area contributed by atoms with Gasteiger partial charge in [-0.3, -0.25) is 9.69 Å². The maximum Gasteiger partial charge on any atom is 0.170 e. The monoisotopic (exact) mass is 486 g/mol. The number of hydrogen-bond donors (Lipinski definition) is 0. The molecular weight excluding hydrogens is 448 g/mol. The Hall–Kier alpha value is -2.79. The van der Waals surface area contributed by atoms with Crippen LogP contribution in [0.5, 0.6) is 11.5 Å². The third-order valence-corrected chi connectivity index (χ3v) is 8.43. The number of para-hydroxylation sites is 1. The zero-order valence-electron chi connectivity index (χ0n) is 21.6. The van der Waals surface area contributed by atoms with Crippen LogP contribution in [-0.4, -0.2) is 48.1 Å². The number of benzene rings is 2. The minimum absolute atomic E-state index is 0.112. The van der Waals surface area contributed by atoms with E-state index in [1.807, 2.05) is 6.07 Å². The molecule has 0 radical (unpaired) electrons. The van der Waals surface area contributed by atoms with E-state index in [9.17, 15) is 4.79 Å². The highest BCUT2D eigenvalue weighted by molar-refractivity contribution is 6.01.